The Hall–Kier alpha value is -1.12. The molecule has 0 bridgehead atoms. The molecule has 0 aromatic heterocycles. The second-order valence-electron chi connectivity index (χ2n) is 4.37. The van der Waals surface area contributed by atoms with Crippen molar-refractivity contribution in [3.05, 3.63) is 65.7 Å². The minimum Gasteiger partial charge on any atom is -0.378 e. The highest BCUT2D eigenvalue weighted by molar-refractivity contribution is 8.21. The Morgan fingerprint density at radius 1 is 0.889 bits per heavy atom. The molecule has 94 valence electrons. The third kappa shape index (κ3) is 3.01. The molecule has 0 saturated carbocycles. The van der Waals surface area contributed by atoms with E-state index in [9.17, 15) is 0 Å². The first-order valence-electron chi connectivity index (χ1n) is 5.82. The van der Waals surface area contributed by atoms with Crippen molar-refractivity contribution in [1.82, 2.24) is 0 Å². The molecule has 1 nitrogen and oxygen atoms in total. The van der Waals surface area contributed by atoms with Crippen molar-refractivity contribution in [1.29, 1.82) is 0 Å². The van der Waals surface area contributed by atoms with Gasteiger partial charge in [-0.1, -0.05) is 42.5 Å². The Labute approximate surface area is 117 Å². The molecule has 0 heterocycles. The molecule has 0 aliphatic rings. The van der Waals surface area contributed by atoms with E-state index in [4.69, 9.17) is 10.7 Å². The van der Waals surface area contributed by atoms with Crippen LogP contribution in [-0.2, 0) is 0 Å². The first-order valence-corrected chi connectivity index (χ1v) is 7.52. The Balaban J connectivity index is 2.28. The predicted molar refractivity (Wildman–Crippen MR) is 82.5 cm³/mol. The summed E-state index contributed by atoms with van der Waals surface area (Å²) in [6.07, 6.45) is 0. The molecule has 0 aliphatic carbocycles. The Morgan fingerprint density at radius 2 is 1.44 bits per heavy atom. The Bertz CT molecular complexity index is 482. The molecular weight excluding hydrogens is 262 g/mol. The molecule has 0 radical (unpaired) electrons. The maximum Gasteiger partial charge on any atom is 0.0698 e. The van der Waals surface area contributed by atoms with Crippen molar-refractivity contribution in [2.24, 2.45) is 0 Å². The summed E-state index contributed by atoms with van der Waals surface area (Å²) in [5.74, 6) is 0. The summed E-state index contributed by atoms with van der Waals surface area (Å²) in [4.78, 5) is 2.09. The number of nitrogens with zero attached hydrogens (tertiary/aromatic N) is 1. The zero-order valence-corrected chi connectivity index (χ0v) is 12.1. The first kappa shape index (κ1) is 13.3. The maximum absolute atomic E-state index is 6.05. The van der Waals surface area contributed by atoms with E-state index in [2.05, 4.69) is 41.3 Å². The zero-order valence-electron chi connectivity index (χ0n) is 10.5. The van der Waals surface area contributed by atoms with E-state index in [0.717, 1.165) is 0 Å². The number of anilines is 1. The van der Waals surface area contributed by atoms with Crippen LogP contribution in [0.1, 0.15) is 16.4 Å². The van der Waals surface area contributed by atoms with Gasteiger partial charge in [0.15, 0.2) is 0 Å². The van der Waals surface area contributed by atoms with Crippen LogP contribution in [0.4, 0.5) is 5.69 Å². The highest BCUT2D eigenvalue weighted by Crippen LogP contribution is 2.38. The van der Waals surface area contributed by atoms with Crippen LogP contribution >= 0.6 is 21.7 Å². The van der Waals surface area contributed by atoms with Crippen LogP contribution in [0.3, 0.4) is 0 Å². The first-order chi connectivity index (χ1) is 8.72. The highest BCUT2D eigenvalue weighted by atomic mass is 35.7. The summed E-state index contributed by atoms with van der Waals surface area (Å²) in [6, 6.07) is 18.9. The van der Waals surface area contributed by atoms with Gasteiger partial charge in [-0.25, -0.2) is 0 Å². The third-order valence-electron chi connectivity index (χ3n) is 2.90. The molecule has 0 saturated heterocycles. The molecule has 2 aromatic rings. The SMILES string of the molecule is CN(C)c1ccc(C(SCl)c2ccccc2)cc1. The van der Waals surface area contributed by atoms with Crippen LogP contribution in [-0.4, -0.2) is 14.1 Å². The smallest absolute Gasteiger partial charge is 0.0698 e. The topological polar surface area (TPSA) is 3.24 Å². The van der Waals surface area contributed by atoms with Crippen molar-refractivity contribution in [3.63, 3.8) is 0 Å². The van der Waals surface area contributed by atoms with Gasteiger partial charge in [0.2, 0.25) is 0 Å². The standard InChI is InChI=1S/C15H16ClNS/c1-17(2)14-10-8-13(9-11-14)15(18-16)12-6-4-3-5-7-12/h3-11,15H,1-2H3. The molecule has 18 heavy (non-hydrogen) atoms. The van der Waals surface area contributed by atoms with E-state index in [0.29, 0.717) is 0 Å². The minimum atomic E-state index is 0.184. The normalized spacial score (nSPS) is 12.2. The summed E-state index contributed by atoms with van der Waals surface area (Å²) in [7, 11) is 11.5. The highest BCUT2D eigenvalue weighted by Gasteiger charge is 2.13. The van der Waals surface area contributed by atoms with Gasteiger partial charge in [0.1, 0.15) is 0 Å². The van der Waals surface area contributed by atoms with Crippen LogP contribution in [0.15, 0.2) is 54.6 Å². The van der Waals surface area contributed by atoms with Crippen molar-refractivity contribution in [2.45, 2.75) is 5.25 Å². The average Bonchev–Trinajstić information content (AvgIpc) is 2.41. The van der Waals surface area contributed by atoms with E-state index < -0.39 is 0 Å². The van der Waals surface area contributed by atoms with E-state index in [1.165, 1.54) is 27.8 Å². The summed E-state index contributed by atoms with van der Waals surface area (Å²) in [6.45, 7) is 0. The second kappa shape index (κ2) is 6.17. The monoisotopic (exact) mass is 277 g/mol. The molecule has 0 spiro atoms. The van der Waals surface area contributed by atoms with Crippen LogP contribution in [0.25, 0.3) is 0 Å². The minimum absolute atomic E-state index is 0.184. The van der Waals surface area contributed by atoms with Gasteiger partial charge >= 0.3 is 0 Å². The molecule has 1 atom stereocenters. The van der Waals surface area contributed by atoms with Crippen LogP contribution in [0, 0.1) is 0 Å². The van der Waals surface area contributed by atoms with Gasteiger partial charge in [0.05, 0.1) is 5.25 Å². The largest absolute Gasteiger partial charge is 0.378 e. The third-order valence-corrected chi connectivity index (χ3v) is 4.16. The number of hydrogen-bond donors (Lipinski definition) is 0. The number of hydrogen-bond acceptors (Lipinski definition) is 2. The number of halogens is 1. The van der Waals surface area contributed by atoms with E-state index >= 15 is 0 Å². The van der Waals surface area contributed by atoms with Gasteiger partial charge in [0.25, 0.3) is 0 Å². The molecule has 2 rings (SSSR count). The van der Waals surface area contributed by atoms with Crippen molar-refractivity contribution < 1.29 is 0 Å². The maximum atomic E-state index is 6.05. The van der Waals surface area contributed by atoms with Crippen molar-refractivity contribution in [2.75, 3.05) is 19.0 Å². The average molecular weight is 278 g/mol. The lowest BCUT2D eigenvalue weighted by molar-refractivity contribution is 1.11. The van der Waals surface area contributed by atoms with Crippen LogP contribution in [0.2, 0.25) is 0 Å². The molecule has 2 aromatic carbocycles. The fraction of sp³-hybridized carbons (Fsp3) is 0.200. The lowest BCUT2D eigenvalue weighted by atomic mass is 10.0. The summed E-state index contributed by atoms with van der Waals surface area (Å²) in [5, 5.41) is 0.184. The predicted octanol–water partition coefficient (Wildman–Crippen LogP) is 4.73. The van der Waals surface area contributed by atoms with Gasteiger partial charge in [-0.05, 0) is 44.9 Å². The quantitative estimate of drug-likeness (QED) is 0.795. The van der Waals surface area contributed by atoms with Crippen LogP contribution in [0.5, 0.6) is 0 Å². The number of rotatable bonds is 4. The summed E-state index contributed by atoms with van der Waals surface area (Å²) >= 11 is 0. The van der Waals surface area contributed by atoms with Gasteiger partial charge < -0.3 is 4.90 Å². The van der Waals surface area contributed by atoms with Crippen molar-refractivity contribution in [3.8, 4) is 0 Å². The molecule has 0 N–H and O–H groups in total. The molecule has 1 unspecified atom stereocenters. The van der Waals surface area contributed by atoms with Crippen LogP contribution < -0.4 is 4.90 Å². The lowest BCUT2D eigenvalue weighted by Crippen LogP contribution is -2.08. The van der Waals surface area contributed by atoms with Gasteiger partial charge in [-0.15, -0.1) is 0 Å². The van der Waals surface area contributed by atoms with Crippen molar-refractivity contribution >= 4 is 27.3 Å². The van der Waals surface area contributed by atoms with Gasteiger partial charge in [-0.2, -0.15) is 0 Å². The van der Waals surface area contributed by atoms with Gasteiger partial charge in [-0.3, -0.25) is 0 Å². The van der Waals surface area contributed by atoms with E-state index in [1.807, 2.05) is 32.3 Å². The fourth-order valence-electron chi connectivity index (χ4n) is 1.87. The summed E-state index contributed by atoms with van der Waals surface area (Å²) in [5.41, 5.74) is 3.66. The Kier molecular flexibility index (Phi) is 4.56. The zero-order chi connectivity index (χ0) is 13.0. The lowest BCUT2D eigenvalue weighted by Gasteiger charge is -2.16. The van der Waals surface area contributed by atoms with Gasteiger partial charge in [0, 0.05) is 19.8 Å². The summed E-state index contributed by atoms with van der Waals surface area (Å²) < 4.78 is 0. The Morgan fingerprint density at radius 3 is 1.94 bits per heavy atom. The molecule has 0 aliphatic heterocycles. The van der Waals surface area contributed by atoms with E-state index in [1.54, 1.807) is 0 Å². The second-order valence-corrected chi connectivity index (χ2v) is 5.55. The molecular formula is C15H16ClNS. The van der Waals surface area contributed by atoms with E-state index in [-0.39, 0.29) is 5.25 Å². The molecule has 3 heteroatoms. The fourth-order valence-corrected chi connectivity index (χ4v) is 3.01. The number of benzene rings is 2. The molecule has 0 fully saturated rings. The molecule has 0 amide bonds.